The van der Waals surface area contributed by atoms with Crippen molar-refractivity contribution in [3.8, 4) is 11.3 Å². The van der Waals surface area contributed by atoms with E-state index < -0.39 is 5.97 Å². The first-order valence-electron chi connectivity index (χ1n) is 8.58. The van der Waals surface area contributed by atoms with Crippen molar-refractivity contribution >= 4 is 5.97 Å². The maximum atomic E-state index is 12.3. The molecule has 4 rings (SSSR count). The lowest BCUT2D eigenvalue weighted by molar-refractivity contribution is 0.0595. The van der Waals surface area contributed by atoms with Crippen LogP contribution in [0.2, 0.25) is 0 Å². The van der Waals surface area contributed by atoms with E-state index in [9.17, 15) is 4.79 Å². The van der Waals surface area contributed by atoms with Crippen LogP contribution in [-0.2, 0) is 11.2 Å². The molecular formula is C21H20N2O2. The summed E-state index contributed by atoms with van der Waals surface area (Å²) >= 11 is 0. The summed E-state index contributed by atoms with van der Waals surface area (Å²) in [6.07, 6.45) is 5.04. The van der Waals surface area contributed by atoms with Gasteiger partial charge in [-0.1, -0.05) is 54.6 Å². The lowest BCUT2D eigenvalue weighted by Gasteiger charge is -2.28. The van der Waals surface area contributed by atoms with Crippen LogP contribution >= 0.6 is 0 Å². The quantitative estimate of drug-likeness (QED) is 0.673. The van der Waals surface area contributed by atoms with Crippen molar-refractivity contribution in [3.05, 3.63) is 77.7 Å². The molecule has 1 atom stereocenters. The minimum absolute atomic E-state index is 0.186. The van der Waals surface area contributed by atoms with Gasteiger partial charge in [-0.25, -0.2) is 9.78 Å². The zero-order valence-electron chi connectivity index (χ0n) is 14.2. The Hall–Kier alpha value is -2.88. The number of ether oxygens (including phenoxy) is 1. The van der Waals surface area contributed by atoms with E-state index in [2.05, 4.69) is 33.8 Å². The number of methoxy groups -OCH3 is 1. The van der Waals surface area contributed by atoms with Crippen molar-refractivity contribution in [1.82, 2.24) is 9.55 Å². The van der Waals surface area contributed by atoms with Crippen LogP contribution in [0.3, 0.4) is 0 Å². The second-order valence-electron chi connectivity index (χ2n) is 6.31. The van der Waals surface area contributed by atoms with Gasteiger partial charge in [0.05, 0.1) is 25.2 Å². The summed E-state index contributed by atoms with van der Waals surface area (Å²) in [5, 5.41) is 0. The predicted molar refractivity (Wildman–Crippen MR) is 96.5 cm³/mol. The zero-order chi connectivity index (χ0) is 17.2. The standard InChI is InChI=1S/C21H20N2O2/c1-25-21(24)19-20(16-9-3-2-4-10-16)23(14-22-19)18-13-7-11-15-8-5-6-12-17(15)18/h2-6,8-10,12,14,18H,7,11,13H2,1H3/t18-/m1/s1. The zero-order valence-corrected chi connectivity index (χ0v) is 14.2. The number of hydrogen-bond donors (Lipinski definition) is 0. The number of esters is 1. The van der Waals surface area contributed by atoms with E-state index in [1.807, 2.05) is 30.3 Å². The fourth-order valence-corrected chi connectivity index (χ4v) is 3.74. The summed E-state index contributed by atoms with van der Waals surface area (Å²) in [6, 6.07) is 18.7. The van der Waals surface area contributed by atoms with Gasteiger partial charge in [0, 0.05) is 5.56 Å². The number of benzene rings is 2. The third-order valence-electron chi connectivity index (χ3n) is 4.89. The van der Waals surface area contributed by atoms with E-state index in [1.54, 1.807) is 6.33 Å². The molecule has 0 radical (unpaired) electrons. The van der Waals surface area contributed by atoms with E-state index in [0.717, 1.165) is 30.5 Å². The number of nitrogens with zero attached hydrogens (tertiary/aromatic N) is 2. The van der Waals surface area contributed by atoms with E-state index in [4.69, 9.17) is 4.74 Å². The van der Waals surface area contributed by atoms with Gasteiger partial charge in [0.2, 0.25) is 0 Å². The molecule has 0 saturated carbocycles. The molecule has 1 aliphatic rings. The highest BCUT2D eigenvalue weighted by Crippen LogP contribution is 2.37. The second-order valence-corrected chi connectivity index (χ2v) is 6.31. The van der Waals surface area contributed by atoms with Crippen LogP contribution < -0.4 is 0 Å². The van der Waals surface area contributed by atoms with Gasteiger partial charge in [0.15, 0.2) is 5.69 Å². The molecule has 0 saturated heterocycles. The van der Waals surface area contributed by atoms with Crippen LogP contribution in [0.5, 0.6) is 0 Å². The van der Waals surface area contributed by atoms with E-state index >= 15 is 0 Å². The number of carbonyl (C=O) groups excluding carboxylic acids is 1. The Balaban J connectivity index is 1.89. The fourth-order valence-electron chi connectivity index (χ4n) is 3.74. The highest BCUT2D eigenvalue weighted by Gasteiger charge is 2.27. The lowest BCUT2D eigenvalue weighted by Crippen LogP contribution is -2.18. The predicted octanol–water partition coefficient (Wildman–Crippen LogP) is 4.26. The third-order valence-corrected chi connectivity index (χ3v) is 4.89. The number of hydrogen-bond acceptors (Lipinski definition) is 3. The Morgan fingerprint density at radius 3 is 2.68 bits per heavy atom. The molecule has 0 fully saturated rings. The first-order valence-corrected chi connectivity index (χ1v) is 8.58. The summed E-state index contributed by atoms with van der Waals surface area (Å²) < 4.78 is 7.09. The molecule has 0 aliphatic heterocycles. The Morgan fingerprint density at radius 1 is 1.12 bits per heavy atom. The maximum absolute atomic E-state index is 12.3. The number of imidazole rings is 1. The summed E-state index contributed by atoms with van der Waals surface area (Å²) in [4.78, 5) is 16.7. The molecule has 25 heavy (non-hydrogen) atoms. The average Bonchev–Trinajstić information content (AvgIpc) is 3.12. The summed E-state index contributed by atoms with van der Waals surface area (Å²) in [7, 11) is 1.39. The van der Waals surface area contributed by atoms with Crippen molar-refractivity contribution in [3.63, 3.8) is 0 Å². The van der Waals surface area contributed by atoms with Gasteiger partial charge >= 0.3 is 5.97 Å². The number of aryl methyl sites for hydroxylation is 1. The Labute approximate surface area is 147 Å². The van der Waals surface area contributed by atoms with Crippen LogP contribution in [0, 0.1) is 0 Å². The molecule has 0 N–H and O–H groups in total. The number of carbonyl (C=O) groups is 1. The Kier molecular flexibility index (Phi) is 4.10. The normalized spacial score (nSPS) is 16.3. The van der Waals surface area contributed by atoms with E-state index in [1.165, 1.54) is 18.2 Å². The molecule has 3 aromatic rings. The lowest BCUT2D eigenvalue weighted by atomic mass is 9.87. The molecule has 0 unspecified atom stereocenters. The largest absolute Gasteiger partial charge is 0.464 e. The molecular weight excluding hydrogens is 312 g/mol. The van der Waals surface area contributed by atoms with Gasteiger partial charge < -0.3 is 9.30 Å². The van der Waals surface area contributed by atoms with Crippen LogP contribution in [-0.4, -0.2) is 22.6 Å². The molecule has 4 nitrogen and oxygen atoms in total. The molecule has 0 amide bonds. The molecule has 2 aromatic carbocycles. The Morgan fingerprint density at radius 2 is 1.88 bits per heavy atom. The first kappa shape index (κ1) is 15.6. The minimum atomic E-state index is -0.401. The van der Waals surface area contributed by atoms with Crippen LogP contribution in [0.4, 0.5) is 0 Å². The number of aromatic nitrogens is 2. The molecule has 4 heteroatoms. The summed E-state index contributed by atoms with van der Waals surface area (Å²) in [6.45, 7) is 0. The maximum Gasteiger partial charge on any atom is 0.358 e. The SMILES string of the molecule is COC(=O)c1ncn([C@@H]2CCCc3ccccc32)c1-c1ccccc1. The van der Waals surface area contributed by atoms with Gasteiger partial charge in [-0.05, 0) is 30.4 Å². The van der Waals surface area contributed by atoms with Gasteiger partial charge in [-0.2, -0.15) is 0 Å². The molecule has 0 bridgehead atoms. The van der Waals surface area contributed by atoms with Crippen molar-refractivity contribution in [2.75, 3.05) is 7.11 Å². The molecule has 0 spiro atoms. The highest BCUT2D eigenvalue weighted by molar-refractivity contribution is 5.94. The van der Waals surface area contributed by atoms with Crippen molar-refractivity contribution in [2.45, 2.75) is 25.3 Å². The second kappa shape index (κ2) is 6.55. The molecule has 1 aliphatic carbocycles. The fraction of sp³-hybridized carbons (Fsp3) is 0.238. The van der Waals surface area contributed by atoms with Gasteiger partial charge in [-0.3, -0.25) is 0 Å². The minimum Gasteiger partial charge on any atom is -0.464 e. The molecule has 1 aromatic heterocycles. The number of fused-ring (bicyclic) bond motifs is 1. The Bertz CT molecular complexity index is 899. The molecule has 126 valence electrons. The number of rotatable bonds is 3. The average molecular weight is 332 g/mol. The first-order chi connectivity index (χ1) is 12.3. The van der Waals surface area contributed by atoms with Crippen molar-refractivity contribution in [2.24, 2.45) is 0 Å². The van der Waals surface area contributed by atoms with Crippen LogP contribution in [0.1, 0.15) is 40.5 Å². The van der Waals surface area contributed by atoms with E-state index in [0.29, 0.717) is 5.69 Å². The van der Waals surface area contributed by atoms with Crippen molar-refractivity contribution in [1.29, 1.82) is 0 Å². The molecule has 1 heterocycles. The van der Waals surface area contributed by atoms with Crippen LogP contribution in [0.25, 0.3) is 11.3 Å². The van der Waals surface area contributed by atoms with Crippen molar-refractivity contribution < 1.29 is 9.53 Å². The van der Waals surface area contributed by atoms with E-state index in [-0.39, 0.29) is 6.04 Å². The van der Waals surface area contributed by atoms with Crippen LogP contribution in [0.15, 0.2) is 60.9 Å². The summed E-state index contributed by atoms with van der Waals surface area (Å²) in [5.74, 6) is -0.401. The highest BCUT2D eigenvalue weighted by atomic mass is 16.5. The van der Waals surface area contributed by atoms with Gasteiger partial charge in [-0.15, -0.1) is 0 Å². The third kappa shape index (κ3) is 2.74. The van der Waals surface area contributed by atoms with Gasteiger partial charge in [0.1, 0.15) is 0 Å². The monoisotopic (exact) mass is 332 g/mol. The topological polar surface area (TPSA) is 44.1 Å². The van der Waals surface area contributed by atoms with Gasteiger partial charge in [0.25, 0.3) is 0 Å². The summed E-state index contributed by atoms with van der Waals surface area (Å²) in [5.41, 5.74) is 4.88. The smallest absolute Gasteiger partial charge is 0.358 e.